The summed E-state index contributed by atoms with van der Waals surface area (Å²) in [6.45, 7) is 1.03. The Morgan fingerprint density at radius 3 is 2.68 bits per heavy atom. The smallest absolute Gasteiger partial charge is 0.267 e. The number of rotatable bonds is 4. The molecule has 2 amide bonds. The van der Waals surface area contributed by atoms with Crippen LogP contribution in [0, 0.1) is 17.2 Å². The molecule has 152 valence electrons. The first-order chi connectivity index (χ1) is 13.3. The number of likely N-dealkylation sites (tertiary alicyclic amines) is 1. The topological polar surface area (TPSA) is 49.4 Å². The Balaban J connectivity index is 1.39. The molecule has 28 heavy (non-hydrogen) atoms. The molecule has 4 rings (SSSR count). The first-order valence-corrected chi connectivity index (χ1v) is 10.00. The fourth-order valence-electron chi connectivity index (χ4n) is 5.04. The van der Waals surface area contributed by atoms with Crippen LogP contribution in [0.4, 0.5) is 13.2 Å². The quantitative estimate of drug-likeness (QED) is 0.852. The number of carbonyl (C=O) groups is 2. The molecule has 2 saturated carbocycles. The van der Waals surface area contributed by atoms with Crippen molar-refractivity contribution in [1.29, 1.82) is 0 Å². The van der Waals surface area contributed by atoms with E-state index in [1.807, 2.05) is 0 Å². The van der Waals surface area contributed by atoms with Crippen LogP contribution in [0.25, 0.3) is 0 Å². The zero-order valence-corrected chi connectivity index (χ0v) is 15.7. The van der Waals surface area contributed by atoms with Gasteiger partial charge in [-0.2, -0.15) is 0 Å². The Morgan fingerprint density at radius 2 is 2.00 bits per heavy atom. The van der Waals surface area contributed by atoms with E-state index in [-0.39, 0.29) is 41.8 Å². The van der Waals surface area contributed by atoms with E-state index in [1.54, 1.807) is 17.0 Å². The first kappa shape index (κ1) is 19.3. The molecule has 4 nitrogen and oxygen atoms in total. The molecule has 1 saturated heterocycles. The van der Waals surface area contributed by atoms with Crippen molar-refractivity contribution >= 4 is 11.8 Å². The number of benzene rings is 1. The van der Waals surface area contributed by atoms with E-state index in [4.69, 9.17) is 0 Å². The summed E-state index contributed by atoms with van der Waals surface area (Å²) in [4.78, 5) is 27.1. The molecular weight excluding hydrogens is 369 g/mol. The number of hydrogen-bond acceptors (Lipinski definition) is 2. The van der Waals surface area contributed by atoms with Crippen LogP contribution in [0.5, 0.6) is 0 Å². The Labute approximate surface area is 162 Å². The molecule has 3 fully saturated rings. The summed E-state index contributed by atoms with van der Waals surface area (Å²) in [6, 6.07) is 4.94. The summed E-state index contributed by atoms with van der Waals surface area (Å²) in [7, 11) is 0. The van der Waals surface area contributed by atoms with Crippen molar-refractivity contribution in [2.45, 2.75) is 56.9 Å². The average Bonchev–Trinajstić information content (AvgIpc) is 3.26. The first-order valence-electron chi connectivity index (χ1n) is 10.00. The molecule has 1 aromatic rings. The van der Waals surface area contributed by atoms with Gasteiger partial charge in [-0.3, -0.25) is 9.59 Å². The molecule has 1 aromatic carbocycles. The van der Waals surface area contributed by atoms with E-state index in [2.05, 4.69) is 5.32 Å². The second kappa shape index (κ2) is 7.08. The van der Waals surface area contributed by atoms with Crippen molar-refractivity contribution in [2.75, 3.05) is 13.1 Å². The monoisotopic (exact) mass is 394 g/mol. The van der Waals surface area contributed by atoms with Crippen molar-refractivity contribution in [3.8, 4) is 0 Å². The molecule has 1 N–H and O–H groups in total. The summed E-state index contributed by atoms with van der Waals surface area (Å²) in [5.41, 5.74) is 0.305. The molecule has 7 heteroatoms. The highest BCUT2D eigenvalue weighted by molar-refractivity contribution is 5.82. The SMILES string of the molecule is O=C(NC1CCC1(F)F)C1CCCC12CCN(C(=O)Cc1cccc(F)c1)C2. The Morgan fingerprint density at radius 1 is 1.18 bits per heavy atom. The molecule has 0 bridgehead atoms. The number of carbonyl (C=O) groups excluding carboxylic acids is 2. The van der Waals surface area contributed by atoms with Crippen molar-refractivity contribution in [3.63, 3.8) is 0 Å². The van der Waals surface area contributed by atoms with E-state index in [0.29, 0.717) is 37.9 Å². The molecule has 0 aromatic heterocycles. The van der Waals surface area contributed by atoms with Crippen LogP contribution in [0.1, 0.15) is 44.1 Å². The maximum absolute atomic E-state index is 13.5. The zero-order valence-electron chi connectivity index (χ0n) is 15.7. The summed E-state index contributed by atoms with van der Waals surface area (Å²) in [5.74, 6) is -3.87. The van der Waals surface area contributed by atoms with Crippen molar-refractivity contribution < 1.29 is 22.8 Å². The Bertz CT molecular complexity index is 785. The van der Waals surface area contributed by atoms with Crippen LogP contribution in [0.15, 0.2) is 24.3 Å². The van der Waals surface area contributed by atoms with Gasteiger partial charge in [0, 0.05) is 30.8 Å². The number of hydrogen-bond donors (Lipinski definition) is 1. The van der Waals surface area contributed by atoms with Gasteiger partial charge in [-0.25, -0.2) is 13.2 Å². The maximum atomic E-state index is 13.5. The lowest BCUT2D eigenvalue weighted by molar-refractivity contribution is -0.142. The van der Waals surface area contributed by atoms with Gasteiger partial charge in [0.15, 0.2) is 0 Å². The normalized spacial score (nSPS) is 31.0. The van der Waals surface area contributed by atoms with Gasteiger partial charge < -0.3 is 10.2 Å². The van der Waals surface area contributed by atoms with Crippen LogP contribution >= 0.6 is 0 Å². The molecule has 1 spiro atoms. The lowest BCUT2D eigenvalue weighted by Gasteiger charge is -2.39. The minimum absolute atomic E-state index is 0.0842. The van der Waals surface area contributed by atoms with Gasteiger partial charge in [0.2, 0.25) is 11.8 Å². The number of nitrogens with zero attached hydrogens (tertiary/aromatic N) is 1. The Kier molecular flexibility index (Phi) is 4.88. The summed E-state index contributed by atoms with van der Waals surface area (Å²) >= 11 is 0. The number of nitrogens with one attached hydrogen (secondary N) is 1. The molecular formula is C21H25F3N2O2. The van der Waals surface area contributed by atoms with Gasteiger partial charge >= 0.3 is 0 Å². The second-order valence-electron chi connectivity index (χ2n) is 8.54. The summed E-state index contributed by atoms with van der Waals surface area (Å²) in [6.07, 6.45) is 3.35. The van der Waals surface area contributed by atoms with Gasteiger partial charge in [-0.05, 0) is 43.4 Å². The fourth-order valence-corrected chi connectivity index (χ4v) is 5.04. The van der Waals surface area contributed by atoms with Crippen molar-refractivity contribution in [1.82, 2.24) is 10.2 Å². The third kappa shape index (κ3) is 3.51. The number of alkyl halides is 2. The fraction of sp³-hybridized carbons (Fsp3) is 0.619. The molecule has 0 radical (unpaired) electrons. The zero-order chi connectivity index (χ0) is 19.9. The lowest BCUT2D eigenvalue weighted by atomic mass is 9.76. The highest BCUT2D eigenvalue weighted by Gasteiger charge is 2.54. The second-order valence-corrected chi connectivity index (χ2v) is 8.54. The van der Waals surface area contributed by atoms with Gasteiger partial charge in [-0.1, -0.05) is 18.6 Å². The van der Waals surface area contributed by atoms with E-state index >= 15 is 0 Å². The van der Waals surface area contributed by atoms with Gasteiger partial charge in [-0.15, -0.1) is 0 Å². The number of halogens is 3. The van der Waals surface area contributed by atoms with Crippen LogP contribution in [-0.4, -0.2) is 41.8 Å². The molecule has 3 unspecified atom stereocenters. The van der Waals surface area contributed by atoms with Gasteiger partial charge in [0.25, 0.3) is 5.92 Å². The highest BCUT2D eigenvalue weighted by Crippen LogP contribution is 2.50. The molecule has 3 aliphatic rings. The minimum Gasteiger partial charge on any atom is -0.347 e. The molecule has 1 aliphatic heterocycles. The van der Waals surface area contributed by atoms with Crippen molar-refractivity contribution in [2.24, 2.45) is 11.3 Å². The summed E-state index contributed by atoms with van der Waals surface area (Å²) in [5, 5.41) is 2.56. The number of amides is 2. The Hall–Kier alpha value is -2.05. The van der Waals surface area contributed by atoms with E-state index in [0.717, 1.165) is 12.8 Å². The molecule has 1 heterocycles. The van der Waals surface area contributed by atoms with Crippen LogP contribution < -0.4 is 5.32 Å². The van der Waals surface area contributed by atoms with Crippen LogP contribution in [0.3, 0.4) is 0 Å². The molecule has 3 atom stereocenters. The highest BCUT2D eigenvalue weighted by atomic mass is 19.3. The predicted molar refractivity (Wildman–Crippen MR) is 97.2 cm³/mol. The van der Waals surface area contributed by atoms with E-state index < -0.39 is 12.0 Å². The van der Waals surface area contributed by atoms with E-state index in [9.17, 15) is 22.8 Å². The van der Waals surface area contributed by atoms with E-state index in [1.165, 1.54) is 12.1 Å². The minimum atomic E-state index is -2.80. The van der Waals surface area contributed by atoms with Gasteiger partial charge in [0.05, 0.1) is 12.5 Å². The van der Waals surface area contributed by atoms with Crippen molar-refractivity contribution in [3.05, 3.63) is 35.6 Å². The average molecular weight is 394 g/mol. The third-order valence-electron chi connectivity index (χ3n) is 6.80. The van der Waals surface area contributed by atoms with Gasteiger partial charge in [0.1, 0.15) is 5.82 Å². The summed E-state index contributed by atoms with van der Waals surface area (Å²) < 4.78 is 40.4. The van der Waals surface area contributed by atoms with Crippen LogP contribution in [0.2, 0.25) is 0 Å². The third-order valence-corrected chi connectivity index (χ3v) is 6.80. The lowest BCUT2D eigenvalue weighted by Crippen LogP contribution is -2.57. The standard InChI is InChI=1S/C21H25F3N2O2/c22-15-4-1-3-14(11-15)12-18(27)26-10-9-20(13-26)7-2-5-16(20)19(28)25-17-6-8-21(17,23)24/h1,3-4,11,16-17H,2,5-10,12-13H2,(H,25,28). The molecule has 2 aliphatic carbocycles. The maximum Gasteiger partial charge on any atom is 0.267 e. The largest absolute Gasteiger partial charge is 0.347 e. The predicted octanol–water partition coefficient (Wildman–Crippen LogP) is 3.30. The van der Waals surface area contributed by atoms with Crippen LogP contribution in [-0.2, 0) is 16.0 Å².